The Hall–Kier alpha value is -15.4. The Morgan fingerprint density at radius 1 is 0.164 bits per heavy atom. The van der Waals surface area contributed by atoms with Crippen molar-refractivity contribution in [2.45, 2.75) is 77.0 Å². The van der Waals surface area contributed by atoms with Gasteiger partial charge in [0, 0.05) is 92.9 Å². The minimum atomic E-state index is -0.0882. The predicted octanol–water partition coefficient (Wildman–Crippen LogP) is 33.0. The maximum Gasteiger partial charge on any atom is 0.0623 e. The summed E-state index contributed by atoms with van der Waals surface area (Å²) in [6, 6.07) is 151. The number of para-hydroxylation sites is 6. The molecule has 128 heavy (non-hydrogen) atoms. The first-order chi connectivity index (χ1) is 62.6. The van der Waals surface area contributed by atoms with E-state index in [1.165, 1.54) is 242 Å². The van der Waals surface area contributed by atoms with E-state index in [0.717, 1.165) is 0 Å². The van der Waals surface area contributed by atoms with Crippen molar-refractivity contribution in [2.24, 2.45) is 0 Å². The molecule has 4 nitrogen and oxygen atoms in total. The summed E-state index contributed by atoms with van der Waals surface area (Å²) < 4.78 is 9.88. The van der Waals surface area contributed by atoms with Gasteiger partial charge in [0.25, 0.3) is 0 Å². The van der Waals surface area contributed by atoms with Gasteiger partial charge in [0.2, 0.25) is 0 Å². The molecule has 0 spiro atoms. The summed E-state index contributed by atoms with van der Waals surface area (Å²) in [7, 11) is 0. The molecule has 0 N–H and O–H groups in total. The van der Waals surface area contributed by atoms with Crippen LogP contribution in [0.25, 0.3) is 198 Å². The van der Waals surface area contributed by atoms with Crippen LogP contribution in [0.1, 0.15) is 99.9 Å². The number of hydrogen-bond donors (Lipinski definition) is 0. The summed E-state index contributed by atoms with van der Waals surface area (Å²) in [5.74, 6) is 0. The third-order valence-electron chi connectivity index (χ3n) is 29.4. The summed E-state index contributed by atoms with van der Waals surface area (Å²) in [5, 5.41) is 21.2. The molecule has 0 saturated heterocycles. The van der Waals surface area contributed by atoms with Crippen LogP contribution in [0.5, 0.6) is 0 Å². The third-order valence-corrected chi connectivity index (χ3v) is 29.4. The van der Waals surface area contributed by atoms with Gasteiger partial charge < -0.3 is 18.3 Å². The van der Waals surface area contributed by atoms with Gasteiger partial charge in [0.05, 0.1) is 44.1 Å². The molecular formula is C124H92N4. The van der Waals surface area contributed by atoms with Crippen LogP contribution >= 0.6 is 0 Å². The SMILES string of the molecule is CC1(C)c2ccccc2-c2c1c1c(c3ccccc23)c2ccccc2n1-c1ccccc1.CC1(C)c2ccccc2-c2c1c1c3ccccc3n(-c3ccccc3)c1c1ccccc21.CC1(C)c2ccccc2-c2cc3c(cc21)c1cc2ccccc2cc1n3-c1ccccc1.CC1(C)c2ccccc2-c2ccc3c4c5ccccc5ccc4n(-c4ccccc4)c3c21. The summed E-state index contributed by atoms with van der Waals surface area (Å²) in [4.78, 5) is 0. The van der Waals surface area contributed by atoms with E-state index in [0.29, 0.717) is 0 Å². The third kappa shape index (κ3) is 10.7. The second kappa shape index (κ2) is 28.1. The molecule has 4 aromatic heterocycles. The van der Waals surface area contributed by atoms with Gasteiger partial charge in [0.1, 0.15) is 0 Å². The molecule has 0 saturated carbocycles. The van der Waals surface area contributed by atoms with Crippen LogP contribution in [0.2, 0.25) is 0 Å². The Balaban J connectivity index is 0.0000000926. The number of fused-ring (bicyclic) bond motifs is 36. The average molecular weight is 1640 g/mol. The second-order valence-corrected chi connectivity index (χ2v) is 37.6. The number of benzene rings is 20. The number of rotatable bonds is 4. The minimum Gasteiger partial charge on any atom is -0.309 e. The second-order valence-electron chi connectivity index (χ2n) is 37.6. The molecule has 4 heterocycles. The fraction of sp³-hybridized carbons (Fsp3) is 0.0968. The lowest BCUT2D eigenvalue weighted by Gasteiger charge is -2.24. The first kappa shape index (κ1) is 75.2. The fourth-order valence-corrected chi connectivity index (χ4v) is 23.8. The number of aromatic nitrogens is 4. The van der Waals surface area contributed by atoms with E-state index in [9.17, 15) is 0 Å². The van der Waals surface area contributed by atoms with Gasteiger partial charge in [-0.25, -0.2) is 0 Å². The van der Waals surface area contributed by atoms with Crippen LogP contribution in [-0.4, -0.2) is 18.3 Å². The molecule has 0 aliphatic heterocycles. The topological polar surface area (TPSA) is 19.7 Å². The Bertz CT molecular complexity index is 8730. The zero-order valence-corrected chi connectivity index (χ0v) is 73.0. The van der Waals surface area contributed by atoms with Crippen LogP contribution in [-0.2, 0) is 21.7 Å². The largest absolute Gasteiger partial charge is 0.309 e. The van der Waals surface area contributed by atoms with E-state index >= 15 is 0 Å². The Morgan fingerprint density at radius 2 is 0.547 bits per heavy atom. The van der Waals surface area contributed by atoms with E-state index in [1.807, 2.05) is 0 Å². The van der Waals surface area contributed by atoms with Gasteiger partial charge in [-0.15, -0.1) is 0 Å². The fourth-order valence-electron chi connectivity index (χ4n) is 23.8. The van der Waals surface area contributed by atoms with Crippen LogP contribution in [0.3, 0.4) is 0 Å². The zero-order valence-electron chi connectivity index (χ0n) is 73.0. The molecule has 4 aliphatic rings. The molecule has 0 bridgehead atoms. The number of nitrogens with zero attached hydrogens (tertiary/aromatic N) is 4. The zero-order chi connectivity index (χ0) is 85.8. The molecule has 28 rings (SSSR count). The molecule has 0 fully saturated rings. The van der Waals surface area contributed by atoms with E-state index in [-0.39, 0.29) is 21.7 Å². The maximum atomic E-state index is 2.49. The highest BCUT2D eigenvalue weighted by Crippen LogP contribution is 2.61. The predicted molar refractivity (Wildman–Crippen MR) is 543 cm³/mol. The van der Waals surface area contributed by atoms with Crippen molar-refractivity contribution in [1.82, 2.24) is 18.3 Å². The van der Waals surface area contributed by atoms with Crippen LogP contribution in [0.4, 0.5) is 0 Å². The smallest absolute Gasteiger partial charge is 0.0623 e. The molecule has 0 unspecified atom stereocenters. The lowest BCUT2D eigenvalue weighted by atomic mass is 9.79. The molecule has 0 amide bonds. The lowest BCUT2D eigenvalue weighted by molar-refractivity contribution is 0.661. The number of hydrogen-bond acceptors (Lipinski definition) is 0. The molecule has 4 aliphatic carbocycles. The summed E-state index contributed by atoms with van der Waals surface area (Å²) in [6.07, 6.45) is 0. The molecule has 608 valence electrons. The molecule has 24 aromatic rings. The van der Waals surface area contributed by atoms with Crippen LogP contribution < -0.4 is 0 Å². The molecule has 20 aromatic carbocycles. The van der Waals surface area contributed by atoms with Gasteiger partial charge >= 0.3 is 0 Å². The highest BCUT2D eigenvalue weighted by molar-refractivity contribution is 6.29. The van der Waals surface area contributed by atoms with E-state index < -0.39 is 0 Å². The first-order valence-electron chi connectivity index (χ1n) is 45.2. The summed E-state index contributed by atoms with van der Waals surface area (Å²) >= 11 is 0. The highest BCUT2D eigenvalue weighted by atomic mass is 15.0. The highest BCUT2D eigenvalue weighted by Gasteiger charge is 2.44. The van der Waals surface area contributed by atoms with E-state index in [2.05, 4.69) is 486 Å². The van der Waals surface area contributed by atoms with Gasteiger partial charge in [-0.05, 0) is 218 Å². The van der Waals surface area contributed by atoms with Gasteiger partial charge in [0.15, 0.2) is 0 Å². The Morgan fingerprint density at radius 3 is 1.12 bits per heavy atom. The Labute approximate surface area is 744 Å². The normalized spacial score (nSPS) is 14.2. The summed E-state index contributed by atoms with van der Waals surface area (Å²) in [5.41, 5.74) is 37.3. The Kier molecular flexibility index (Phi) is 16.5. The van der Waals surface area contributed by atoms with Crippen molar-refractivity contribution in [2.75, 3.05) is 0 Å². The van der Waals surface area contributed by atoms with Crippen molar-refractivity contribution in [1.29, 1.82) is 0 Å². The van der Waals surface area contributed by atoms with Crippen LogP contribution in [0.15, 0.2) is 413 Å². The van der Waals surface area contributed by atoms with Crippen molar-refractivity contribution in [3.63, 3.8) is 0 Å². The van der Waals surface area contributed by atoms with Crippen molar-refractivity contribution in [3.05, 3.63) is 457 Å². The standard InChI is InChI=1S/4C31H23N/c1-31(2)25-18-10-8-16-23(25)27-21-14-6-7-15-22(21)30-28(29(27)31)24-17-9-11-19-26(24)32(30)20-12-4-3-5-13-20;1-31(2)25-18-10-8-16-23(25)27-21-14-6-7-15-22(21)28-24-17-9-11-19-26(24)32(30(28)29(27)31)20-12-4-3-5-13-20;1-31(2)27-15-9-8-14-23(27)24-19-30-26(18-28(24)31)25-16-20-10-6-7-11-21(20)17-29(25)32(30)22-12-4-3-5-13-22;1-31(2)26-15-9-8-14-23(26)24-17-18-25-28-22-13-7-6-10-20(22)16-19-27(28)32(30(25)29(24)31)21-11-4-3-5-12-21/h4*3-19H,1-2H3. The quantitative estimate of drug-likeness (QED) is 0.167. The first-order valence-corrected chi connectivity index (χ1v) is 45.2. The molecule has 0 atom stereocenters. The van der Waals surface area contributed by atoms with Gasteiger partial charge in [-0.1, -0.05) is 377 Å². The van der Waals surface area contributed by atoms with E-state index in [4.69, 9.17) is 0 Å². The molecular weight excluding hydrogens is 1550 g/mol. The van der Waals surface area contributed by atoms with E-state index in [1.54, 1.807) is 0 Å². The average Bonchev–Trinajstić information content (AvgIpc) is 1.41. The van der Waals surface area contributed by atoms with Crippen molar-refractivity contribution >= 4 is 130 Å². The van der Waals surface area contributed by atoms with Crippen molar-refractivity contribution in [3.8, 4) is 67.3 Å². The monoisotopic (exact) mass is 1640 g/mol. The van der Waals surface area contributed by atoms with Crippen molar-refractivity contribution < 1.29 is 0 Å². The van der Waals surface area contributed by atoms with Crippen LogP contribution in [0, 0.1) is 0 Å². The summed E-state index contributed by atoms with van der Waals surface area (Å²) in [6.45, 7) is 19.0. The molecule has 4 heteroatoms. The van der Waals surface area contributed by atoms with Gasteiger partial charge in [-0.3, -0.25) is 0 Å². The lowest BCUT2D eigenvalue weighted by Crippen LogP contribution is -2.16. The van der Waals surface area contributed by atoms with Gasteiger partial charge in [-0.2, -0.15) is 0 Å². The maximum absolute atomic E-state index is 2.49. The minimum absolute atomic E-state index is 0.00185. The molecule has 0 radical (unpaired) electrons.